The van der Waals surface area contributed by atoms with Crippen LogP contribution in [0, 0.1) is 17.1 Å². The Bertz CT molecular complexity index is 422. The van der Waals surface area contributed by atoms with Gasteiger partial charge in [0.25, 0.3) is 6.43 Å². The van der Waals surface area contributed by atoms with E-state index < -0.39 is 17.8 Å². The lowest BCUT2D eigenvalue weighted by atomic mass is 9.93. The summed E-state index contributed by atoms with van der Waals surface area (Å²) in [6.45, 7) is 1.22. The first-order chi connectivity index (χ1) is 7.36. The minimum Gasteiger partial charge on any atom is -0.320 e. The molecule has 2 nitrogen and oxygen atoms in total. The third-order valence-corrected chi connectivity index (χ3v) is 2.23. The first-order valence-electron chi connectivity index (χ1n) is 4.62. The predicted molar refractivity (Wildman–Crippen MR) is 53.4 cm³/mol. The summed E-state index contributed by atoms with van der Waals surface area (Å²) in [6.07, 6.45) is -2.79. The Kier molecular flexibility index (Phi) is 3.55. The molecule has 0 saturated heterocycles. The van der Waals surface area contributed by atoms with Crippen molar-refractivity contribution in [3.8, 4) is 6.07 Å². The zero-order chi connectivity index (χ0) is 12.3. The lowest BCUT2D eigenvalue weighted by Gasteiger charge is -2.23. The van der Waals surface area contributed by atoms with E-state index in [1.807, 2.05) is 0 Å². The number of rotatable bonds is 3. The van der Waals surface area contributed by atoms with Gasteiger partial charge in [0.15, 0.2) is 0 Å². The van der Waals surface area contributed by atoms with E-state index in [1.165, 1.54) is 19.1 Å². The topological polar surface area (TPSA) is 49.8 Å². The quantitative estimate of drug-likeness (QED) is 0.862. The third kappa shape index (κ3) is 2.74. The Labute approximate surface area is 91.5 Å². The summed E-state index contributed by atoms with van der Waals surface area (Å²) in [5.41, 5.74) is 3.97. The molecule has 1 unspecified atom stereocenters. The van der Waals surface area contributed by atoms with Crippen LogP contribution in [0.1, 0.15) is 18.1 Å². The molecule has 2 N–H and O–H groups in total. The summed E-state index contributed by atoms with van der Waals surface area (Å²) < 4.78 is 38.0. The van der Waals surface area contributed by atoms with Gasteiger partial charge in [0.2, 0.25) is 0 Å². The van der Waals surface area contributed by atoms with Crippen LogP contribution in [-0.4, -0.2) is 12.0 Å². The molecule has 0 aliphatic carbocycles. The van der Waals surface area contributed by atoms with E-state index in [-0.39, 0.29) is 12.0 Å². The minimum absolute atomic E-state index is 0.111. The van der Waals surface area contributed by atoms with E-state index in [0.29, 0.717) is 5.56 Å². The standard InChI is InChI=1S/C11H11F3N2/c1-11(16,10(13)14)5-7-2-3-9(12)8(4-7)6-15/h2-4,10H,5,16H2,1H3. The van der Waals surface area contributed by atoms with Crippen molar-refractivity contribution in [1.29, 1.82) is 5.26 Å². The van der Waals surface area contributed by atoms with E-state index >= 15 is 0 Å². The van der Waals surface area contributed by atoms with Crippen LogP contribution in [0.5, 0.6) is 0 Å². The molecule has 1 rings (SSSR count). The average Bonchev–Trinajstić information content (AvgIpc) is 2.20. The molecule has 16 heavy (non-hydrogen) atoms. The highest BCUT2D eigenvalue weighted by Crippen LogP contribution is 2.19. The molecule has 1 aromatic carbocycles. The van der Waals surface area contributed by atoms with Gasteiger partial charge in [0.05, 0.1) is 11.1 Å². The van der Waals surface area contributed by atoms with Gasteiger partial charge in [-0.25, -0.2) is 13.2 Å². The highest BCUT2D eigenvalue weighted by molar-refractivity contribution is 5.35. The van der Waals surface area contributed by atoms with Crippen molar-refractivity contribution in [2.45, 2.75) is 25.3 Å². The molecular formula is C11H11F3N2. The summed E-state index contributed by atoms with van der Waals surface area (Å²) in [5.74, 6) is -0.665. The molecule has 0 aliphatic rings. The highest BCUT2D eigenvalue weighted by atomic mass is 19.3. The van der Waals surface area contributed by atoms with Crippen LogP contribution in [0.2, 0.25) is 0 Å². The van der Waals surface area contributed by atoms with Gasteiger partial charge >= 0.3 is 0 Å². The molecule has 1 aromatic rings. The molecular weight excluding hydrogens is 217 g/mol. The van der Waals surface area contributed by atoms with Gasteiger partial charge in [-0.2, -0.15) is 5.26 Å². The number of alkyl halides is 2. The van der Waals surface area contributed by atoms with E-state index in [2.05, 4.69) is 0 Å². The van der Waals surface area contributed by atoms with Crippen molar-refractivity contribution in [1.82, 2.24) is 0 Å². The average molecular weight is 228 g/mol. The molecule has 0 radical (unpaired) electrons. The summed E-state index contributed by atoms with van der Waals surface area (Å²) in [5, 5.41) is 8.58. The second-order valence-corrected chi connectivity index (χ2v) is 3.91. The maximum absolute atomic E-state index is 13.0. The van der Waals surface area contributed by atoms with Gasteiger partial charge in [-0.1, -0.05) is 6.07 Å². The fourth-order valence-electron chi connectivity index (χ4n) is 1.29. The Morgan fingerprint density at radius 1 is 1.50 bits per heavy atom. The molecule has 86 valence electrons. The van der Waals surface area contributed by atoms with E-state index in [0.717, 1.165) is 6.07 Å². The molecule has 5 heteroatoms. The zero-order valence-electron chi connectivity index (χ0n) is 8.67. The fourth-order valence-corrected chi connectivity index (χ4v) is 1.29. The first kappa shape index (κ1) is 12.5. The van der Waals surface area contributed by atoms with Gasteiger partial charge in [0, 0.05) is 0 Å². The number of benzene rings is 1. The molecule has 0 saturated carbocycles. The van der Waals surface area contributed by atoms with Gasteiger partial charge in [-0.15, -0.1) is 0 Å². The van der Waals surface area contributed by atoms with Crippen molar-refractivity contribution < 1.29 is 13.2 Å². The number of nitrogens with zero attached hydrogens (tertiary/aromatic N) is 1. The Morgan fingerprint density at radius 3 is 2.62 bits per heavy atom. The molecule has 0 aromatic heterocycles. The van der Waals surface area contributed by atoms with Crippen LogP contribution < -0.4 is 5.73 Å². The van der Waals surface area contributed by atoms with Crippen LogP contribution in [0.15, 0.2) is 18.2 Å². The maximum atomic E-state index is 13.0. The SMILES string of the molecule is CC(N)(Cc1ccc(F)c(C#N)c1)C(F)F. The normalized spacial score (nSPS) is 14.6. The fraction of sp³-hybridized carbons (Fsp3) is 0.364. The third-order valence-electron chi connectivity index (χ3n) is 2.23. The molecule has 0 heterocycles. The van der Waals surface area contributed by atoms with Crippen molar-refractivity contribution in [3.05, 3.63) is 35.1 Å². The number of nitriles is 1. The molecule has 0 aliphatic heterocycles. The van der Waals surface area contributed by atoms with E-state index in [9.17, 15) is 13.2 Å². The van der Waals surface area contributed by atoms with E-state index in [4.69, 9.17) is 11.0 Å². The number of nitrogens with two attached hydrogens (primary N) is 1. The van der Waals surface area contributed by atoms with Crippen LogP contribution in [0.4, 0.5) is 13.2 Å². The predicted octanol–water partition coefficient (Wildman–Crippen LogP) is 2.22. The molecule has 0 spiro atoms. The van der Waals surface area contributed by atoms with Crippen LogP contribution in [0.25, 0.3) is 0 Å². The zero-order valence-corrected chi connectivity index (χ0v) is 8.67. The molecule has 0 fully saturated rings. The largest absolute Gasteiger partial charge is 0.320 e. The second-order valence-electron chi connectivity index (χ2n) is 3.91. The van der Waals surface area contributed by atoms with Crippen molar-refractivity contribution in [2.75, 3.05) is 0 Å². The van der Waals surface area contributed by atoms with Crippen molar-refractivity contribution in [3.63, 3.8) is 0 Å². The Balaban J connectivity index is 2.96. The Morgan fingerprint density at radius 2 is 2.12 bits per heavy atom. The van der Waals surface area contributed by atoms with Gasteiger partial charge in [0.1, 0.15) is 11.9 Å². The maximum Gasteiger partial charge on any atom is 0.256 e. The lowest BCUT2D eigenvalue weighted by Crippen LogP contribution is -2.45. The van der Waals surface area contributed by atoms with Crippen molar-refractivity contribution >= 4 is 0 Å². The Hall–Kier alpha value is -1.54. The molecule has 1 atom stereocenters. The first-order valence-corrected chi connectivity index (χ1v) is 4.62. The van der Waals surface area contributed by atoms with Gasteiger partial charge < -0.3 is 5.73 Å². The number of halogens is 3. The van der Waals surface area contributed by atoms with Crippen LogP contribution in [0.3, 0.4) is 0 Å². The van der Waals surface area contributed by atoms with Crippen LogP contribution in [-0.2, 0) is 6.42 Å². The monoisotopic (exact) mass is 228 g/mol. The van der Waals surface area contributed by atoms with Gasteiger partial charge in [-0.05, 0) is 31.0 Å². The van der Waals surface area contributed by atoms with E-state index in [1.54, 1.807) is 6.07 Å². The molecule has 0 bridgehead atoms. The van der Waals surface area contributed by atoms with Gasteiger partial charge in [-0.3, -0.25) is 0 Å². The minimum atomic E-state index is -2.68. The summed E-state index contributed by atoms with van der Waals surface area (Å²) >= 11 is 0. The second kappa shape index (κ2) is 4.54. The highest BCUT2D eigenvalue weighted by Gasteiger charge is 2.30. The summed E-state index contributed by atoms with van der Waals surface area (Å²) in [4.78, 5) is 0. The lowest BCUT2D eigenvalue weighted by molar-refractivity contribution is 0.0639. The number of hydrogen-bond acceptors (Lipinski definition) is 2. The van der Waals surface area contributed by atoms with Crippen molar-refractivity contribution in [2.24, 2.45) is 5.73 Å². The summed E-state index contributed by atoms with van der Waals surface area (Å²) in [7, 11) is 0. The smallest absolute Gasteiger partial charge is 0.256 e. The summed E-state index contributed by atoms with van der Waals surface area (Å²) in [6, 6.07) is 5.32. The number of hydrogen-bond donors (Lipinski definition) is 1. The van der Waals surface area contributed by atoms with Crippen LogP contribution >= 0.6 is 0 Å². The molecule has 0 amide bonds.